The Bertz CT molecular complexity index is 2430. The molecule has 46 heavy (non-hydrogen) atoms. The van der Waals surface area contributed by atoms with Gasteiger partial charge in [-0.05, 0) is 109 Å². The lowest BCUT2D eigenvalue weighted by atomic mass is 9.81. The van der Waals surface area contributed by atoms with Gasteiger partial charge in [0.25, 0.3) is 0 Å². The minimum Gasteiger partial charge on any atom is -0.310 e. The highest BCUT2D eigenvalue weighted by Gasteiger charge is 2.38. The normalized spacial score (nSPS) is 13.2. The fraction of sp³-hybridized carbons (Fsp3) is 0.0667. The summed E-state index contributed by atoms with van der Waals surface area (Å²) in [6, 6.07) is 60.1. The Labute approximate surface area is 270 Å². The molecule has 0 radical (unpaired) electrons. The van der Waals surface area contributed by atoms with Gasteiger partial charge in [0.1, 0.15) is 0 Å². The van der Waals surface area contributed by atoms with E-state index in [1.807, 2.05) is 0 Å². The van der Waals surface area contributed by atoms with Crippen LogP contribution in [-0.4, -0.2) is 0 Å². The summed E-state index contributed by atoms with van der Waals surface area (Å²) < 4.78 is 0. The summed E-state index contributed by atoms with van der Waals surface area (Å²) in [6.45, 7) is 4.76. The molecule has 0 saturated carbocycles. The Morgan fingerprint density at radius 2 is 1.07 bits per heavy atom. The predicted molar refractivity (Wildman–Crippen MR) is 197 cm³/mol. The van der Waals surface area contributed by atoms with Crippen LogP contribution >= 0.6 is 0 Å². The van der Waals surface area contributed by atoms with Crippen LogP contribution in [-0.2, 0) is 5.41 Å². The summed E-state index contributed by atoms with van der Waals surface area (Å²) in [6.07, 6.45) is 0. The van der Waals surface area contributed by atoms with Crippen molar-refractivity contribution in [3.05, 3.63) is 175 Å². The van der Waals surface area contributed by atoms with E-state index in [1.54, 1.807) is 0 Å². The molecule has 9 rings (SSSR count). The van der Waals surface area contributed by atoms with Crippen LogP contribution in [0.2, 0.25) is 0 Å². The second-order valence-electron chi connectivity index (χ2n) is 13.0. The van der Waals surface area contributed by atoms with Gasteiger partial charge < -0.3 is 4.90 Å². The van der Waals surface area contributed by atoms with Gasteiger partial charge in [-0.1, -0.05) is 129 Å². The summed E-state index contributed by atoms with van der Waals surface area (Å²) in [5.41, 5.74) is 11.2. The fourth-order valence-electron chi connectivity index (χ4n) is 7.63. The van der Waals surface area contributed by atoms with E-state index < -0.39 is 0 Å². The van der Waals surface area contributed by atoms with Crippen molar-refractivity contribution in [1.29, 1.82) is 0 Å². The molecule has 0 amide bonds. The van der Waals surface area contributed by atoms with Crippen molar-refractivity contribution in [2.45, 2.75) is 19.3 Å². The molecule has 0 atom stereocenters. The molecule has 8 aromatic rings. The average molecular weight is 588 g/mol. The van der Waals surface area contributed by atoms with E-state index >= 15 is 0 Å². The number of anilines is 3. The minimum atomic E-state index is -0.131. The lowest BCUT2D eigenvalue weighted by Gasteiger charge is -2.29. The quantitative estimate of drug-likeness (QED) is 0.185. The van der Waals surface area contributed by atoms with Crippen molar-refractivity contribution in [1.82, 2.24) is 0 Å². The molecule has 218 valence electrons. The van der Waals surface area contributed by atoms with Gasteiger partial charge in [0.15, 0.2) is 0 Å². The van der Waals surface area contributed by atoms with Crippen molar-refractivity contribution in [3.63, 3.8) is 0 Å². The van der Waals surface area contributed by atoms with Crippen LogP contribution in [0.15, 0.2) is 164 Å². The first-order chi connectivity index (χ1) is 22.6. The van der Waals surface area contributed by atoms with E-state index in [9.17, 15) is 0 Å². The highest BCUT2D eigenvalue weighted by molar-refractivity contribution is 6.10. The van der Waals surface area contributed by atoms with Gasteiger partial charge in [-0.25, -0.2) is 0 Å². The molecular weight excluding hydrogens is 555 g/mol. The fourth-order valence-corrected chi connectivity index (χ4v) is 7.63. The largest absolute Gasteiger partial charge is 0.310 e. The molecule has 0 fully saturated rings. The molecule has 0 spiro atoms. The topological polar surface area (TPSA) is 3.24 Å². The van der Waals surface area contributed by atoms with Crippen LogP contribution in [0.25, 0.3) is 54.6 Å². The maximum absolute atomic E-state index is 2.46. The third-order valence-electron chi connectivity index (χ3n) is 10.0. The molecule has 0 bridgehead atoms. The first-order valence-electron chi connectivity index (χ1n) is 16.1. The van der Waals surface area contributed by atoms with Crippen LogP contribution in [0.3, 0.4) is 0 Å². The zero-order valence-electron chi connectivity index (χ0n) is 26.0. The van der Waals surface area contributed by atoms with Gasteiger partial charge in [0.2, 0.25) is 0 Å². The summed E-state index contributed by atoms with van der Waals surface area (Å²) >= 11 is 0. The zero-order valence-corrected chi connectivity index (χ0v) is 26.0. The van der Waals surface area contributed by atoms with Crippen LogP contribution in [0, 0.1) is 0 Å². The minimum absolute atomic E-state index is 0.131. The van der Waals surface area contributed by atoms with E-state index in [1.165, 1.54) is 71.4 Å². The number of para-hydroxylation sites is 1. The summed E-state index contributed by atoms with van der Waals surface area (Å²) in [7, 11) is 0. The van der Waals surface area contributed by atoms with Gasteiger partial charge >= 0.3 is 0 Å². The summed E-state index contributed by atoms with van der Waals surface area (Å²) in [5.74, 6) is 0. The second kappa shape index (κ2) is 10.2. The van der Waals surface area contributed by atoms with Crippen molar-refractivity contribution >= 4 is 49.4 Å². The summed E-state index contributed by atoms with van der Waals surface area (Å²) in [4.78, 5) is 2.43. The van der Waals surface area contributed by atoms with E-state index in [-0.39, 0.29) is 5.41 Å². The van der Waals surface area contributed by atoms with Crippen molar-refractivity contribution < 1.29 is 0 Å². The molecule has 1 aliphatic rings. The Morgan fingerprint density at radius 1 is 0.413 bits per heavy atom. The Balaban J connectivity index is 1.22. The second-order valence-corrected chi connectivity index (χ2v) is 13.0. The smallest absolute Gasteiger partial charge is 0.0543 e. The standard InChI is InChI=1S/C45H33N/c1-45(2)41-17-10-18-43(44(41)40-28-35-22-20-32-12-8-9-16-38(32)39(35)29-42(40)45)46(36-14-4-3-5-15-36)37-25-23-31(24-26-37)34-21-19-30-11-6-7-13-33(30)27-34/h3-29H,1-2H3. The van der Waals surface area contributed by atoms with Gasteiger partial charge in [-0.3, -0.25) is 0 Å². The zero-order chi connectivity index (χ0) is 30.8. The van der Waals surface area contributed by atoms with E-state index in [0.717, 1.165) is 11.4 Å². The highest BCUT2D eigenvalue weighted by atomic mass is 15.1. The molecular formula is C45H33N. The Morgan fingerprint density at radius 3 is 1.89 bits per heavy atom. The number of hydrogen-bond donors (Lipinski definition) is 0. The highest BCUT2D eigenvalue weighted by Crippen LogP contribution is 2.55. The van der Waals surface area contributed by atoms with Crippen molar-refractivity contribution in [3.8, 4) is 22.3 Å². The lowest BCUT2D eigenvalue weighted by Crippen LogP contribution is -2.16. The third kappa shape index (κ3) is 4.09. The first kappa shape index (κ1) is 26.7. The maximum atomic E-state index is 2.46. The van der Waals surface area contributed by atoms with Gasteiger partial charge in [-0.15, -0.1) is 0 Å². The molecule has 0 aromatic heterocycles. The van der Waals surface area contributed by atoms with Crippen molar-refractivity contribution in [2.24, 2.45) is 0 Å². The molecule has 0 unspecified atom stereocenters. The first-order valence-corrected chi connectivity index (χ1v) is 16.1. The molecule has 0 heterocycles. The van der Waals surface area contributed by atoms with E-state index in [0.29, 0.717) is 0 Å². The van der Waals surface area contributed by atoms with Gasteiger partial charge in [-0.2, -0.15) is 0 Å². The lowest BCUT2D eigenvalue weighted by molar-refractivity contribution is 0.661. The molecule has 8 aromatic carbocycles. The Kier molecular flexibility index (Phi) is 5.92. The number of rotatable bonds is 4. The molecule has 1 heteroatoms. The monoisotopic (exact) mass is 587 g/mol. The van der Waals surface area contributed by atoms with Crippen LogP contribution in [0.5, 0.6) is 0 Å². The average Bonchev–Trinajstić information content (AvgIpc) is 3.34. The number of fused-ring (bicyclic) bond motifs is 7. The van der Waals surface area contributed by atoms with Crippen LogP contribution < -0.4 is 4.90 Å². The molecule has 1 aliphatic carbocycles. The molecule has 1 nitrogen and oxygen atoms in total. The van der Waals surface area contributed by atoms with Gasteiger partial charge in [0.05, 0.1) is 5.69 Å². The number of nitrogens with zero attached hydrogens (tertiary/aromatic N) is 1. The molecule has 0 N–H and O–H groups in total. The van der Waals surface area contributed by atoms with Crippen molar-refractivity contribution in [2.75, 3.05) is 4.90 Å². The number of hydrogen-bond acceptors (Lipinski definition) is 1. The van der Waals surface area contributed by atoms with E-state index in [2.05, 4.69) is 183 Å². The number of benzene rings is 8. The molecule has 0 aliphatic heterocycles. The molecule has 0 saturated heterocycles. The predicted octanol–water partition coefficient (Wildman–Crippen LogP) is 12.6. The van der Waals surface area contributed by atoms with Crippen LogP contribution in [0.1, 0.15) is 25.0 Å². The van der Waals surface area contributed by atoms with Crippen LogP contribution in [0.4, 0.5) is 17.1 Å². The SMILES string of the molecule is CC1(C)c2cc3c(ccc4ccccc43)cc2-c2c(N(c3ccccc3)c3ccc(-c4ccc5ccccc5c4)cc3)cccc21. The third-order valence-corrected chi connectivity index (χ3v) is 10.0. The summed E-state index contributed by atoms with van der Waals surface area (Å²) in [5, 5.41) is 7.72. The maximum Gasteiger partial charge on any atom is 0.0543 e. The van der Waals surface area contributed by atoms with E-state index in [4.69, 9.17) is 0 Å². The van der Waals surface area contributed by atoms with Gasteiger partial charge in [0, 0.05) is 22.4 Å². The Hall–Kier alpha value is -5.66.